The molecule has 3 rings (SSSR count). The SMILES string of the molecule is CCn1c(=O)c2c(nc(/C=C/c3ccco3)n2C)n(CC)c1=O. The summed E-state index contributed by atoms with van der Waals surface area (Å²) in [5, 5.41) is 0. The van der Waals surface area contributed by atoms with Crippen LogP contribution in [0.2, 0.25) is 0 Å². The van der Waals surface area contributed by atoms with E-state index < -0.39 is 0 Å². The molecule has 0 N–H and O–H groups in total. The van der Waals surface area contributed by atoms with Crippen LogP contribution in [-0.2, 0) is 20.1 Å². The highest BCUT2D eigenvalue weighted by Crippen LogP contribution is 2.13. The van der Waals surface area contributed by atoms with Crippen LogP contribution >= 0.6 is 0 Å². The molecule has 3 heterocycles. The summed E-state index contributed by atoms with van der Waals surface area (Å²) in [5.74, 6) is 1.28. The van der Waals surface area contributed by atoms with Gasteiger partial charge in [0.25, 0.3) is 5.56 Å². The van der Waals surface area contributed by atoms with Gasteiger partial charge in [0.05, 0.1) is 6.26 Å². The predicted molar refractivity (Wildman–Crippen MR) is 88.2 cm³/mol. The fraction of sp³-hybridized carbons (Fsp3) is 0.312. The van der Waals surface area contributed by atoms with Crippen LogP contribution in [0.15, 0.2) is 32.4 Å². The van der Waals surface area contributed by atoms with E-state index in [9.17, 15) is 9.59 Å². The zero-order valence-corrected chi connectivity index (χ0v) is 13.3. The van der Waals surface area contributed by atoms with Crippen molar-refractivity contribution in [3.8, 4) is 0 Å². The van der Waals surface area contributed by atoms with Gasteiger partial charge in [-0.15, -0.1) is 0 Å². The minimum Gasteiger partial charge on any atom is -0.465 e. The van der Waals surface area contributed by atoms with Crippen LogP contribution in [0.1, 0.15) is 25.4 Å². The van der Waals surface area contributed by atoms with Crippen molar-refractivity contribution in [2.45, 2.75) is 26.9 Å². The Morgan fingerprint density at radius 1 is 1.17 bits per heavy atom. The smallest absolute Gasteiger partial charge is 0.332 e. The first-order valence-corrected chi connectivity index (χ1v) is 7.50. The summed E-state index contributed by atoms with van der Waals surface area (Å²) >= 11 is 0. The van der Waals surface area contributed by atoms with Crippen molar-refractivity contribution in [1.82, 2.24) is 18.7 Å². The number of rotatable bonds is 4. The molecule has 120 valence electrons. The monoisotopic (exact) mass is 314 g/mol. The molecule has 7 nitrogen and oxygen atoms in total. The van der Waals surface area contributed by atoms with Gasteiger partial charge in [-0.25, -0.2) is 9.78 Å². The summed E-state index contributed by atoms with van der Waals surface area (Å²) in [6, 6.07) is 3.62. The molecular weight excluding hydrogens is 296 g/mol. The van der Waals surface area contributed by atoms with Gasteiger partial charge >= 0.3 is 5.69 Å². The summed E-state index contributed by atoms with van der Waals surface area (Å²) in [4.78, 5) is 29.4. The first kappa shape index (κ1) is 15.1. The number of fused-ring (bicyclic) bond motifs is 1. The molecule has 7 heteroatoms. The van der Waals surface area contributed by atoms with Gasteiger partial charge in [-0.3, -0.25) is 13.9 Å². The zero-order chi connectivity index (χ0) is 16.6. The third kappa shape index (κ3) is 2.34. The minimum atomic E-state index is -0.327. The standard InChI is InChI=1S/C16H18N4O3/c1-4-19-14-13(15(21)20(5-2)16(19)22)18(3)12(17-14)9-8-11-7-6-10-23-11/h6-10H,4-5H2,1-3H3/b9-8+. The van der Waals surface area contributed by atoms with Gasteiger partial charge in [-0.2, -0.15) is 0 Å². The molecule has 0 aliphatic carbocycles. The molecule has 0 amide bonds. The number of hydrogen-bond acceptors (Lipinski definition) is 4. The average molecular weight is 314 g/mol. The lowest BCUT2D eigenvalue weighted by Crippen LogP contribution is -2.39. The highest BCUT2D eigenvalue weighted by Gasteiger charge is 2.17. The molecule has 3 aromatic rings. The molecule has 0 bridgehead atoms. The van der Waals surface area contributed by atoms with Gasteiger partial charge in [0.2, 0.25) is 0 Å². The van der Waals surface area contributed by atoms with Crippen molar-refractivity contribution in [3.63, 3.8) is 0 Å². The Balaban J connectivity index is 2.28. The Morgan fingerprint density at radius 2 is 1.91 bits per heavy atom. The molecule has 0 saturated heterocycles. The maximum Gasteiger partial charge on any atom is 0.332 e. The van der Waals surface area contributed by atoms with Crippen LogP contribution in [0.5, 0.6) is 0 Å². The molecule has 0 fully saturated rings. The Hall–Kier alpha value is -2.83. The van der Waals surface area contributed by atoms with Gasteiger partial charge in [0.15, 0.2) is 11.2 Å². The first-order valence-electron chi connectivity index (χ1n) is 7.50. The number of hydrogen-bond donors (Lipinski definition) is 0. The molecule has 0 spiro atoms. The second-order valence-corrected chi connectivity index (χ2v) is 5.13. The van der Waals surface area contributed by atoms with Crippen LogP contribution in [0, 0.1) is 0 Å². The molecule has 0 radical (unpaired) electrons. The van der Waals surface area contributed by atoms with E-state index in [0.717, 1.165) is 0 Å². The van der Waals surface area contributed by atoms with Gasteiger partial charge in [-0.1, -0.05) is 0 Å². The van der Waals surface area contributed by atoms with Crippen molar-refractivity contribution >= 4 is 23.3 Å². The normalized spacial score (nSPS) is 11.8. The predicted octanol–water partition coefficient (Wildman–Crippen LogP) is 1.70. The summed E-state index contributed by atoms with van der Waals surface area (Å²) in [6.07, 6.45) is 5.12. The number of aryl methyl sites for hydroxylation is 2. The van der Waals surface area contributed by atoms with Crippen LogP contribution in [-0.4, -0.2) is 18.7 Å². The van der Waals surface area contributed by atoms with Crippen LogP contribution in [0.25, 0.3) is 23.3 Å². The van der Waals surface area contributed by atoms with E-state index in [2.05, 4.69) is 4.98 Å². The van der Waals surface area contributed by atoms with E-state index in [0.29, 0.717) is 35.8 Å². The van der Waals surface area contributed by atoms with Gasteiger partial charge < -0.3 is 8.98 Å². The number of aromatic nitrogens is 4. The Labute approximate surface area is 132 Å². The Kier molecular flexibility index (Phi) is 3.77. The molecule has 0 aromatic carbocycles. The summed E-state index contributed by atoms with van der Waals surface area (Å²) in [5.41, 5.74) is 0.193. The molecule has 0 saturated carbocycles. The molecule has 0 unspecified atom stereocenters. The van der Waals surface area contributed by atoms with Crippen LogP contribution < -0.4 is 11.2 Å². The third-order valence-electron chi connectivity index (χ3n) is 3.85. The van der Waals surface area contributed by atoms with Crippen molar-refractivity contribution in [2.24, 2.45) is 7.05 Å². The van der Waals surface area contributed by atoms with E-state index in [1.54, 1.807) is 43.0 Å². The fourth-order valence-corrected chi connectivity index (χ4v) is 2.64. The lowest BCUT2D eigenvalue weighted by Gasteiger charge is -2.07. The van der Waals surface area contributed by atoms with Gasteiger partial charge in [0.1, 0.15) is 11.6 Å². The third-order valence-corrected chi connectivity index (χ3v) is 3.85. The van der Waals surface area contributed by atoms with Gasteiger partial charge in [-0.05, 0) is 38.1 Å². The lowest BCUT2D eigenvalue weighted by molar-refractivity contribution is 0.557. The van der Waals surface area contributed by atoms with Crippen molar-refractivity contribution in [2.75, 3.05) is 0 Å². The highest BCUT2D eigenvalue weighted by atomic mass is 16.3. The molecule has 3 aromatic heterocycles. The number of nitrogens with zero attached hydrogens (tertiary/aromatic N) is 4. The van der Waals surface area contributed by atoms with Crippen molar-refractivity contribution in [1.29, 1.82) is 0 Å². The molecule has 23 heavy (non-hydrogen) atoms. The second-order valence-electron chi connectivity index (χ2n) is 5.13. The van der Waals surface area contributed by atoms with Gasteiger partial charge in [0, 0.05) is 20.1 Å². The minimum absolute atomic E-state index is 0.315. The first-order chi connectivity index (χ1) is 11.1. The molecule has 0 aliphatic heterocycles. The summed E-state index contributed by atoms with van der Waals surface area (Å²) in [6.45, 7) is 4.42. The Morgan fingerprint density at radius 3 is 2.52 bits per heavy atom. The largest absolute Gasteiger partial charge is 0.465 e. The van der Waals surface area contributed by atoms with Crippen LogP contribution in [0.3, 0.4) is 0 Å². The highest BCUT2D eigenvalue weighted by molar-refractivity contribution is 5.76. The zero-order valence-electron chi connectivity index (χ0n) is 13.3. The maximum atomic E-state index is 12.6. The van der Waals surface area contributed by atoms with E-state index in [1.807, 2.05) is 13.0 Å². The van der Waals surface area contributed by atoms with Crippen molar-refractivity contribution in [3.05, 3.63) is 50.8 Å². The van der Waals surface area contributed by atoms with E-state index in [-0.39, 0.29) is 11.2 Å². The molecule has 0 atom stereocenters. The van der Waals surface area contributed by atoms with E-state index in [4.69, 9.17) is 4.42 Å². The summed E-state index contributed by atoms with van der Waals surface area (Å²) < 4.78 is 9.70. The average Bonchev–Trinajstić information content (AvgIpc) is 3.14. The van der Waals surface area contributed by atoms with E-state index in [1.165, 1.54) is 9.13 Å². The second kappa shape index (κ2) is 5.75. The molecular formula is C16H18N4O3. The topological polar surface area (TPSA) is 75.0 Å². The lowest BCUT2D eigenvalue weighted by atomic mass is 10.4. The molecule has 0 aliphatic rings. The fourth-order valence-electron chi connectivity index (χ4n) is 2.64. The number of furan rings is 1. The van der Waals surface area contributed by atoms with E-state index >= 15 is 0 Å². The van der Waals surface area contributed by atoms with Crippen molar-refractivity contribution < 1.29 is 4.42 Å². The maximum absolute atomic E-state index is 12.6. The quantitative estimate of drug-likeness (QED) is 0.734. The summed E-state index contributed by atoms with van der Waals surface area (Å²) in [7, 11) is 1.77. The van der Waals surface area contributed by atoms with Crippen LogP contribution in [0.4, 0.5) is 0 Å². The number of imidazole rings is 1. The Bertz CT molecular complexity index is 987.